The Balaban J connectivity index is 2.05. The Kier molecular flexibility index (Phi) is 3.06. The van der Waals surface area contributed by atoms with E-state index in [1.807, 2.05) is 0 Å². The molecule has 1 aliphatic heterocycles. The van der Waals surface area contributed by atoms with Crippen molar-refractivity contribution < 1.29 is 19.2 Å². The van der Waals surface area contributed by atoms with Gasteiger partial charge in [-0.1, -0.05) is 6.42 Å². The average Bonchev–Trinajstić information content (AvgIpc) is 2.20. The summed E-state index contributed by atoms with van der Waals surface area (Å²) in [5.74, 6) is -1.15. The lowest BCUT2D eigenvalue weighted by Crippen LogP contribution is -2.66. The highest BCUT2D eigenvalue weighted by Crippen LogP contribution is 2.44. The molecule has 1 saturated carbocycles. The quantitative estimate of drug-likeness (QED) is 0.655. The van der Waals surface area contributed by atoms with Gasteiger partial charge in [-0.05, 0) is 12.8 Å². The van der Waals surface area contributed by atoms with Gasteiger partial charge in [0.2, 0.25) is 17.7 Å². The number of hydrogen-bond donors (Lipinski definition) is 2. The van der Waals surface area contributed by atoms with Crippen LogP contribution in [0.15, 0.2) is 0 Å². The smallest absolute Gasteiger partial charge is 0.330 e. The van der Waals surface area contributed by atoms with Gasteiger partial charge in [0.05, 0.1) is 0 Å². The number of urea groups is 1. The molecule has 98 valence electrons. The Bertz CT molecular complexity index is 428. The summed E-state index contributed by atoms with van der Waals surface area (Å²) >= 11 is 0. The second-order valence-electron chi connectivity index (χ2n) is 4.63. The molecule has 1 saturated heterocycles. The molecular weight excluding hydrogens is 238 g/mol. The van der Waals surface area contributed by atoms with Crippen LogP contribution in [0.5, 0.6) is 0 Å². The van der Waals surface area contributed by atoms with Crippen molar-refractivity contribution >= 4 is 23.8 Å². The fourth-order valence-electron chi connectivity index (χ4n) is 2.25. The zero-order chi connectivity index (χ0) is 13.3. The van der Waals surface area contributed by atoms with Crippen LogP contribution in [0.1, 0.15) is 26.2 Å². The molecule has 1 aliphatic carbocycles. The van der Waals surface area contributed by atoms with Crippen molar-refractivity contribution in [3.63, 3.8) is 0 Å². The largest absolute Gasteiger partial charge is 0.355 e. The predicted octanol–water partition coefficient (Wildman–Crippen LogP) is -0.629. The Morgan fingerprint density at radius 1 is 1.39 bits per heavy atom. The fourth-order valence-corrected chi connectivity index (χ4v) is 2.25. The predicted molar refractivity (Wildman–Crippen MR) is 60.2 cm³/mol. The van der Waals surface area contributed by atoms with E-state index in [0.717, 1.165) is 11.3 Å². The number of amides is 5. The maximum atomic E-state index is 12.2. The molecule has 2 rings (SSSR count). The van der Waals surface area contributed by atoms with E-state index in [0.29, 0.717) is 12.8 Å². The lowest BCUT2D eigenvalue weighted by Gasteiger charge is -2.44. The molecule has 5 amide bonds. The number of hydrogen-bond acceptors (Lipinski definition) is 4. The Morgan fingerprint density at radius 3 is 2.56 bits per heavy atom. The minimum atomic E-state index is -1.04. The van der Waals surface area contributed by atoms with Gasteiger partial charge in [-0.2, -0.15) is 0 Å². The summed E-state index contributed by atoms with van der Waals surface area (Å²) < 4.78 is 0. The van der Waals surface area contributed by atoms with Crippen molar-refractivity contribution in [2.75, 3.05) is 13.1 Å². The Labute approximate surface area is 104 Å². The van der Waals surface area contributed by atoms with Gasteiger partial charge < -0.3 is 5.32 Å². The van der Waals surface area contributed by atoms with Gasteiger partial charge in [-0.3, -0.25) is 24.6 Å². The number of imide groups is 2. The normalized spacial score (nSPS) is 21.6. The van der Waals surface area contributed by atoms with E-state index in [1.165, 1.54) is 6.92 Å². The van der Waals surface area contributed by atoms with Gasteiger partial charge in [-0.25, -0.2) is 4.79 Å². The molecule has 2 N–H and O–H groups in total. The van der Waals surface area contributed by atoms with Crippen molar-refractivity contribution in [3.05, 3.63) is 0 Å². The fraction of sp³-hybridized carbons (Fsp3) is 0.636. The lowest BCUT2D eigenvalue weighted by atomic mass is 9.66. The summed E-state index contributed by atoms with van der Waals surface area (Å²) in [7, 11) is 0. The number of nitrogens with zero attached hydrogens (tertiary/aromatic N) is 1. The van der Waals surface area contributed by atoms with Crippen LogP contribution in [0, 0.1) is 5.41 Å². The number of carbonyl (C=O) groups is 4. The van der Waals surface area contributed by atoms with Gasteiger partial charge in [-0.15, -0.1) is 0 Å². The maximum Gasteiger partial charge on any atom is 0.330 e. The summed E-state index contributed by atoms with van der Waals surface area (Å²) in [6, 6.07) is -0.701. The highest BCUT2D eigenvalue weighted by Gasteiger charge is 2.57. The van der Waals surface area contributed by atoms with E-state index in [1.54, 1.807) is 0 Å². The standard InChI is InChI=1S/C11H15N3O4/c1-7(15)12-5-6-14-9(17)11(3-2-4-11)8(16)13-10(14)18/h2-6H2,1H3,(H,12,15)(H,13,16,18). The van der Waals surface area contributed by atoms with E-state index < -0.39 is 23.3 Å². The third kappa shape index (κ3) is 1.85. The highest BCUT2D eigenvalue weighted by atomic mass is 16.2. The molecule has 0 atom stereocenters. The summed E-state index contributed by atoms with van der Waals surface area (Å²) in [6.07, 6.45) is 1.79. The highest BCUT2D eigenvalue weighted by molar-refractivity contribution is 6.19. The first-order chi connectivity index (χ1) is 8.47. The third-order valence-electron chi connectivity index (χ3n) is 3.47. The van der Waals surface area contributed by atoms with Crippen molar-refractivity contribution in [2.45, 2.75) is 26.2 Å². The molecule has 0 radical (unpaired) electrons. The van der Waals surface area contributed by atoms with Crippen LogP contribution in [-0.2, 0) is 14.4 Å². The van der Waals surface area contributed by atoms with Crippen molar-refractivity contribution in [1.82, 2.24) is 15.5 Å². The molecule has 0 unspecified atom stereocenters. The number of carbonyl (C=O) groups excluding carboxylic acids is 4. The molecule has 1 spiro atoms. The van der Waals surface area contributed by atoms with Gasteiger partial charge in [0.15, 0.2) is 0 Å². The molecule has 0 bridgehead atoms. The lowest BCUT2D eigenvalue weighted by molar-refractivity contribution is -0.157. The maximum absolute atomic E-state index is 12.2. The van der Waals surface area contributed by atoms with E-state index in [2.05, 4.69) is 10.6 Å². The van der Waals surface area contributed by atoms with E-state index in [4.69, 9.17) is 0 Å². The molecule has 2 fully saturated rings. The van der Waals surface area contributed by atoms with Crippen molar-refractivity contribution in [3.8, 4) is 0 Å². The van der Waals surface area contributed by atoms with Crippen LogP contribution in [0.2, 0.25) is 0 Å². The molecule has 2 aliphatic rings. The first-order valence-corrected chi connectivity index (χ1v) is 5.89. The second kappa shape index (κ2) is 4.40. The molecule has 7 heteroatoms. The van der Waals surface area contributed by atoms with Crippen LogP contribution in [0.3, 0.4) is 0 Å². The minimum absolute atomic E-state index is 0.0826. The molecule has 1 heterocycles. The third-order valence-corrected chi connectivity index (χ3v) is 3.47. The van der Waals surface area contributed by atoms with Gasteiger partial charge in [0.25, 0.3) is 0 Å². The van der Waals surface area contributed by atoms with Crippen LogP contribution in [0.25, 0.3) is 0 Å². The van der Waals surface area contributed by atoms with Crippen molar-refractivity contribution in [2.24, 2.45) is 5.41 Å². The molecule has 7 nitrogen and oxygen atoms in total. The van der Waals surface area contributed by atoms with E-state index in [9.17, 15) is 19.2 Å². The summed E-state index contributed by atoms with van der Waals surface area (Å²) in [5, 5.41) is 4.72. The van der Waals surface area contributed by atoms with Gasteiger partial charge in [0.1, 0.15) is 5.41 Å². The number of nitrogens with one attached hydrogen (secondary N) is 2. The zero-order valence-electron chi connectivity index (χ0n) is 10.1. The van der Waals surface area contributed by atoms with Crippen LogP contribution >= 0.6 is 0 Å². The van der Waals surface area contributed by atoms with Crippen molar-refractivity contribution in [1.29, 1.82) is 0 Å². The minimum Gasteiger partial charge on any atom is -0.355 e. The van der Waals surface area contributed by atoms with E-state index in [-0.39, 0.29) is 19.0 Å². The molecule has 0 aromatic carbocycles. The molecule has 18 heavy (non-hydrogen) atoms. The van der Waals surface area contributed by atoms with E-state index >= 15 is 0 Å². The van der Waals surface area contributed by atoms with Gasteiger partial charge in [0, 0.05) is 20.0 Å². The van der Waals surface area contributed by atoms with Gasteiger partial charge >= 0.3 is 6.03 Å². The summed E-state index contributed by atoms with van der Waals surface area (Å²) in [6.45, 7) is 1.63. The second-order valence-corrected chi connectivity index (χ2v) is 4.63. The average molecular weight is 253 g/mol. The summed E-state index contributed by atoms with van der Waals surface area (Å²) in [4.78, 5) is 47.2. The Morgan fingerprint density at radius 2 is 2.06 bits per heavy atom. The first kappa shape index (κ1) is 12.5. The van der Waals surface area contributed by atoms with Crippen LogP contribution in [-0.4, -0.2) is 41.7 Å². The SMILES string of the molecule is CC(=O)NCCN1C(=O)NC(=O)C2(CCC2)C1=O. The first-order valence-electron chi connectivity index (χ1n) is 5.89. The number of rotatable bonds is 3. The summed E-state index contributed by atoms with van der Waals surface area (Å²) in [5.41, 5.74) is -1.04. The monoisotopic (exact) mass is 253 g/mol. The van der Waals surface area contributed by atoms with Crippen LogP contribution < -0.4 is 10.6 Å². The topological polar surface area (TPSA) is 95.6 Å². The zero-order valence-corrected chi connectivity index (χ0v) is 10.1. The number of barbiturate groups is 1. The molecule has 0 aromatic rings. The molecular formula is C11H15N3O4. The van der Waals surface area contributed by atoms with Crippen LogP contribution in [0.4, 0.5) is 4.79 Å². The Hall–Kier alpha value is -1.92. The molecule has 0 aromatic heterocycles.